The molecule has 0 saturated heterocycles. The van der Waals surface area contributed by atoms with Crippen LogP contribution in [0.25, 0.3) is 0 Å². The molecule has 1 rings (SSSR count). The van der Waals surface area contributed by atoms with Crippen LogP contribution in [0.1, 0.15) is 38.6 Å². The Morgan fingerprint density at radius 3 is 2.53 bits per heavy atom. The van der Waals surface area contributed by atoms with Gasteiger partial charge in [0.1, 0.15) is 0 Å². The summed E-state index contributed by atoms with van der Waals surface area (Å²) in [5.74, 6) is 0. The van der Waals surface area contributed by atoms with Crippen molar-refractivity contribution in [3.63, 3.8) is 0 Å². The Morgan fingerprint density at radius 2 is 2.12 bits per heavy atom. The maximum absolute atomic E-state index is 5.87. The Hall–Kier alpha value is -0.870. The molecule has 0 radical (unpaired) electrons. The Labute approximate surface area is 105 Å². The summed E-state index contributed by atoms with van der Waals surface area (Å²) in [6.45, 7) is 11.3. The van der Waals surface area contributed by atoms with Crippen LogP contribution in [0, 0.1) is 6.92 Å². The van der Waals surface area contributed by atoms with Crippen LogP contribution in [0.2, 0.25) is 0 Å². The molecule has 1 aromatic rings. The van der Waals surface area contributed by atoms with Gasteiger partial charge in [-0.15, -0.1) is 0 Å². The smallest absolute Gasteiger partial charge is 0.0597 e. The normalized spacial score (nSPS) is 12.4. The molecule has 4 nitrogen and oxygen atoms in total. The summed E-state index contributed by atoms with van der Waals surface area (Å²) >= 11 is 0. The highest BCUT2D eigenvalue weighted by atomic mass is 15.3. The van der Waals surface area contributed by atoms with Crippen molar-refractivity contribution >= 4 is 0 Å². The van der Waals surface area contributed by atoms with Crippen LogP contribution in [0.4, 0.5) is 0 Å². The van der Waals surface area contributed by atoms with Gasteiger partial charge in [-0.05, 0) is 39.8 Å². The SMILES string of the molecule is CCCN(Cc1cc(C)nn1C)C(C)(C)CN. The van der Waals surface area contributed by atoms with Gasteiger partial charge in [-0.2, -0.15) is 5.10 Å². The van der Waals surface area contributed by atoms with E-state index in [0.717, 1.165) is 25.2 Å². The molecule has 17 heavy (non-hydrogen) atoms. The maximum atomic E-state index is 5.87. The molecular weight excluding hydrogens is 212 g/mol. The van der Waals surface area contributed by atoms with Gasteiger partial charge in [-0.25, -0.2) is 0 Å². The van der Waals surface area contributed by atoms with Gasteiger partial charge < -0.3 is 5.73 Å². The minimum absolute atomic E-state index is 0.0359. The number of nitrogens with zero attached hydrogens (tertiary/aromatic N) is 3. The highest BCUT2D eigenvalue weighted by Gasteiger charge is 2.25. The highest BCUT2D eigenvalue weighted by molar-refractivity contribution is 5.09. The lowest BCUT2D eigenvalue weighted by atomic mass is 10.0. The van der Waals surface area contributed by atoms with E-state index in [-0.39, 0.29) is 5.54 Å². The fourth-order valence-electron chi connectivity index (χ4n) is 2.00. The predicted molar refractivity (Wildman–Crippen MR) is 71.8 cm³/mol. The van der Waals surface area contributed by atoms with E-state index in [4.69, 9.17) is 5.73 Å². The molecule has 1 heterocycles. The summed E-state index contributed by atoms with van der Waals surface area (Å²) in [5, 5.41) is 4.39. The van der Waals surface area contributed by atoms with Crippen molar-refractivity contribution in [3.8, 4) is 0 Å². The van der Waals surface area contributed by atoms with Crippen LogP contribution in [0.15, 0.2) is 6.07 Å². The first-order valence-electron chi connectivity index (χ1n) is 6.35. The lowest BCUT2D eigenvalue weighted by molar-refractivity contribution is 0.115. The van der Waals surface area contributed by atoms with E-state index in [1.807, 2.05) is 18.7 Å². The zero-order valence-electron chi connectivity index (χ0n) is 11.8. The summed E-state index contributed by atoms with van der Waals surface area (Å²) in [7, 11) is 2.00. The Kier molecular flexibility index (Phi) is 4.71. The molecule has 98 valence electrons. The van der Waals surface area contributed by atoms with Gasteiger partial charge in [-0.1, -0.05) is 6.92 Å². The molecule has 0 aromatic carbocycles. The van der Waals surface area contributed by atoms with Gasteiger partial charge in [0, 0.05) is 25.7 Å². The van der Waals surface area contributed by atoms with Crippen LogP contribution in [0.5, 0.6) is 0 Å². The van der Waals surface area contributed by atoms with Crippen molar-refractivity contribution in [3.05, 3.63) is 17.5 Å². The fourth-order valence-corrected chi connectivity index (χ4v) is 2.00. The second-order valence-electron chi connectivity index (χ2n) is 5.34. The second kappa shape index (κ2) is 5.65. The molecule has 0 aliphatic rings. The summed E-state index contributed by atoms with van der Waals surface area (Å²) in [6, 6.07) is 2.15. The Balaban J connectivity index is 2.83. The third-order valence-electron chi connectivity index (χ3n) is 3.30. The second-order valence-corrected chi connectivity index (χ2v) is 5.34. The summed E-state index contributed by atoms with van der Waals surface area (Å²) < 4.78 is 1.96. The Bertz CT molecular complexity index is 354. The predicted octanol–water partition coefficient (Wildman–Crippen LogP) is 1.68. The highest BCUT2D eigenvalue weighted by Crippen LogP contribution is 2.17. The molecule has 0 atom stereocenters. The largest absolute Gasteiger partial charge is 0.329 e. The molecule has 0 unspecified atom stereocenters. The monoisotopic (exact) mass is 238 g/mol. The average Bonchev–Trinajstić information content (AvgIpc) is 2.57. The first-order chi connectivity index (χ1) is 7.90. The number of hydrogen-bond acceptors (Lipinski definition) is 3. The van der Waals surface area contributed by atoms with Crippen molar-refractivity contribution in [2.45, 2.75) is 46.2 Å². The van der Waals surface area contributed by atoms with E-state index in [2.05, 4.69) is 36.8 Å². The van der Waals surface area contributed by atoms with Crippen LogP contribution < -0.4 is 5.73 Å². The van der Waals surface area contributed by atoms with Gasteiger partial charge in [0.2, 0.25) is 0 Å². The number of rotatable bonds is 6. The molecule has 2 N–H and O–H groups in total. The van der Waals surface area contributed by atoms with Crippen molar-refractivity contribution < 1.29 is 0 Å². The number of hydrogen-bond donors (Lipinski definition) is 1. The minimum Gasteiger partial charge on any atom is -0.329 e. The molecule has 0 spiro atoms. The van der Waals surface area contributed by atoms with Crippen LogP contribution in [0.3, 0.4) is 0 Å². The summed E-state index contributed by atoms with van der Waals surface area (Å²) in [4.78, 5) is 2.43. The molecule has 1 aromatic heterocycles. The third kappa shape index (κ3) is 3.54. The summed E-state index contributed by atoms with van der Waals surface area (Å²) in [5.41, 5.74) is 8.23. The lowest BCUT2D eigenvalue weighted by Crippen LogP contribution is -2.49. The van der Waals surface area contributed by atoms with Crippen LogP contribution >= 0.6 is 0 Å². The number of nitrogens with two attached hydrogens (primary N) is 1. The maximum Gasteiger partial charge on any atom is 0.0597 e. The summed E-state index contributed by atoms with van der Waals surface area (Å²) in [6.07, 6.45) is 1.14. The van der Waals surface area contributed by atoms with Gasteiger partial charge in [0.25, 0.3) is 0 Å². The average molecular weight is 238 g/mol. The molecule has 0 aliphatic heterocycles. The van der Waals surface area contributed by atoms with Crippen molar-refractivity contribution in [2.75, 3.05) is 13.1 Å². The minimum atomic E-state index is 0.0359. The first kappa shape index (κ1) is 14.2. The number of aromatic nitrogens is 2. The Morgan fingerprint density at radius 1 is 1.47 bits per heavy atom. The fraction of sp³-hybridized carbons (Fsp3) is 0.769. The molecule has 0 saturated carbocycles. The lowest BCUT2D eigenvalue weighted by Gasteiger charge is -2.37. The molecule has 0 fully saturated rings. The topological polar surface area (TPSA) is 47.1 Å². The van der Waals surface area contributed by atoms with Gasteiger partial charge >= 0.3 is 0 Å². The van der Waals surface area contributed by atoms with E-state index in [1.165, 1.54) is 5.69 Å². The van der Waals surface area contributed by atoms with E-state index >= 15 is 0 Å². The number of aryl methyl sites for hydroxylation is 2. The zero-order valence-corrected chi connectivity index (χ0v) is 11.8. The van der Waals surface area contributed by atoms with Crippen molar-refractivity contribution in [2.24, 2.45) is 12.8 Å². The van der Waals surface area contributed by atoms with Crippen molar-refractivity contribution in [1.29, 1.82) is 0 Å². The van der Waals surface area contributed by atoms with E-state index < -0.39 is 0 Å². The van der Waals surface area contributed by atoms with Gasteiger partial charge in [0.15, 0.2) is 0 Å². The van der Waals surface area contributed by atoms with Gasteiger partial charge in [0.05, 0.1) is 11.4 Å². The zero-order chi connectivity index (χ0) is 13.1. The quantitative estimate of drug-likeness (QED) is 0.820. The van der Waals surface area contributed by atoms with Crippen LogP contribution in [-0.2, 0) is 13.6 Å². The van der Waals surface area contributed by atoms with Crippen molar-refractivity contribution in [1.82, 2.24) is 14.7 Å². The molecule has 0 amide bonds. The van der Waals surface area contributed by atoms with Crippen LogP contribution in [-0.4, -0.2) is 33.3 Å². The van der Waals surface area contributed by atoms with Gasteiger partial charge in [-0.3, -0.25) is 9.58 Å². The molecular formula is C13H26N4. The standard InChI is InChI=1S/C13H26N4/c1-6-7-17(13(3,4)10-14)9-12-8-11(2)15-16(12)5/h8H,6-7,9-10,14H2,1-5H3. The molecule has 4 heteroatoms. The molecule has 0 aliphatic carbocycles. The van der Waals surface area contributed by atoms with E-state index in [9.17, 15) is 0 Å². The van der Waals surface area contributed by atoms with E-state index in [1.54, 1.807) is 0 Å². The molecule has 0 bridgehead atoms. The van der Waals surface area contributed by atoms with E-state index in [0.29, 0.717) is 6.54 Å². The third-order valence-corrected chi connectivity index (χ3v) is 3.30. The first-order valence-corrected chi connectivity index (χ1v) is 6.35.